The van der Waals surface area contributed by atoms with E-state index in [1.807, 2.05) is 4.68 Å². The SMILES string of the molecule is COCCc1c(C(=O)OC)nnn1CC1CC1. The van der Waals surface area contributed by atoms with E-state index in [-0.39, 0.29) is 0 Å². The van der Waals surface area contributed by atoms with Gasteiger partial charge < -0.3 is 9.47 Å². The van der Waals surface area contributed by atoms with Crippen LogP contribution in [0.1, 0.15) is 29.0 Å². The van der Waals surface area contributed by atoms with Crippen molar-refractivity contribution in [2.24, 2.45) is 5.92 Å². The van der Waals surface area contributed by atoms with Crippen molar-refractivity contribution in [1.29, 1.82) is 0 Å². The summed E-state index contributed by atoms with van der Waals surface area (Å²) in [6.45, 7) is 1.38. The lowest BCUT2D eigenvalue weighted by Gasteiger charge is -2.06. The predicted octanol–water partition coefficient (Wildman–Crippen LogP) is 0.664. The number of hydrogen-bond donors (Lipinski definition) is 0. The van der Waals surface area contributed by atoms with Gasteiger partial charge in [-0.05, 0) is 18.8 Å². The van der Waals surface area contributed by atoms with Crippen molar-refractivity contribution < 1.29 is 14.3 Å². The Bertz CT molecular complexity index is 399. The second-order valence-electron chi connectivity index (χ2n) is 4.24. The highest BCUT2D eigenvalue weighted by atomic mass is 16.5. The first kappa shape index (κ1) is 12.0. The molecule has 0 saturated heterocycles. The zero-order chi connectivity index (χ0) is 12.3. The molecule has 0 aromatic carbocycles. The van der Waals surface area contributed by atoms with Gasteiger partial charge in [0.25, 0.3) is 0 Å². The third-order valence-electron chi connectivity index (χ3n) is 2.89. The summed E-state index contributed by atoms with van der Waals surface area (Å²) in [4.78, 5) is 11.5. The van der Waals surface area contributed by atoms with Gasteiger partial charge in [0, 0.05) is 20.1 Å². The molecule has 17 heavy (non-hydrogen) atoms. The van der Waals surface area contributed by atoms with E-state index in [4.69, 9.17) is 9.47 Å². The van der Waals surface area contributed by atoms with Crippen LogP contribution in [-0.4, -0.2) is 41.8 Å². The van der Waals surface area contributed by atoms with Gasteiger partial charge in [-0.3, -0.25) is 0 Å². The fraction of sp³-hybridized carbons (Fsp3) is 0.727. The highest BCUT2D eigenvalue weighted by Crippen LogP contribution is 2.30. The molecule has 0 N–H and O–H groups in total. The Morgan fingerprint density at radius 2 is 2.24 bits per heavy atom. The molecular weight excluding hydrogens is 222 g/mol. The maximum Gasteiger partial charge on any atom is 0.360 e. The summed E-state index contributed by atoms with van der Waals surface area (Å²) in [5, 5.41) is 7.93. The van der Waals surface area contributed by atoms with Gasteiger partial charge in [0.1, 0.15) is 0 Å². The van der Waals surface area contributed by atoms with Crippen molar-refractivity contribution >= 4 is 5.97 Å². The normalized spacial score (nSPS) is 14.9. The number of esters is 1. The lowest BCUT2D eigenvalue weighted by atomic mass is 10.2. The number of rotatable bonds is 6. The standard InChI is InChI=1S/C11H17N3O3/c1-16-6-5-9-10(11(15)17-2)12-13-14(9)7-8-3-4-8/h8H,3-7H2,1-2H3. The molecule has 0 radical (unpaired) electrons. The van der Waals surface area contributed by atoms with Crippen LogP contribution in [0.4, 0.5) is 0 Å². The Morgan fingerprint density at radius 3 is 2.82 bits per heavy atom. The fourth-order valence-corrected chi connectivity index (χ4v) is 1.73. The first-order valence-electron chi connectivity index (χ1n) is 5.76. The Balaban J connectivity index is 2.18. The van der Waals surface area contributed by atoms with Crippen molar-refractivity contribution in [3.8, 4) is 0 Å². The van der Waals surface area contributed by atoms with E-state index in [0.29, 0.717) is 24.6 Å². The average molecular weight is 239 g/mol. The van der Waals surface area contributed by atoms with Gasteiger partial charge in [-0.1, -0.05) is 5.21 Å². The van der Waals surface area contributed by atoms with E-state index in [2.05, 4.69) is 10.3 Å². The molecule has 0 spiro atoms. The molecule has 0 bridgehead atoms. The molecule has 1 aromatic heterocycles. The molecular formula is C11H17N3O3. The fourth-order valence-electron chi connectivity index (χ4n) is 1.73. The van der Waals surface area contributed by atoms with E-state index in [0.717, 1.165) is 12.2 Å². The van der Waals surface area contributed by atoms with Gasteiger partial charge in [0.2, 0.25) is 0 Å². The predicted molar refractivity (Wildman–Crippen MR) is 59.7 cm³/mol. The van der Waals surface area contributed by atoms with Crippen molar-refractivity contribution in [2.75, 3.05) is 20.8 Å². The molecule has 0 aliphatic heterocycles. The Morgan fingerprint density at radius 1 is 1.47 bits per heavy atom. The Labute approximate surface area is 99.9 Å². The number of ether oxygens (including phenoxy) is 2. The van der Waals surface area contributed by atoms with E-state index >= 15 is 0 Å². The van der Waals surface area contributed by atoms with Crippen molar-refractivity contribution in [3.63, 3.8) is 0 Å². The molecule has 0 amide bonds. The minimum Gasteiger partial charge on any atom is -0.464 e. The van der Waals surface area contributed by atoms with Gasteiger partial charge in [0.05, 0.1) is 19.4 Å². The van der Waals surface area contributed by atoms with Crippen LogP contribution in [0.5, 0.6) is 0 Å². The largest absolute Gasteiger partial charge is 0.464 e. The molecule has 1 aromatic rings. The van der Waals surface area contributed by atoms with Gasteiger partial charge >= 0.3 is 5.97 Å². The van der Waals surface area contributed by atoms with Gasteiger partial charge in [-0.15, -0.1) is 5.10 Å². The van der Waals surface area contributed by atoms with Crippen LogP contribution >= 0.6 is 0 Å². The number of hydrogen-bond acceptors (Lipinski definition) is 5. The second-order valence-corrected chi connectivity index (χ2v) is 4.24. The third-order valence-corrected chi connectivity index (χ3v) is 2.89. The smallest absolute Gasteiger partial charge is 0.360 e. The molecule has 6 nitrogen and oxygen atoms in total. The summed E-state index contributed by atoms with van der Waals surface area (Å²) in [5.41, 5.74) is 1.12. The molecule has 1 heterocycles. The number of methoxy groups -OCH3 is 2. The van der Waals surface area contributed by atoms with Gasteiger partial charge in [-0.25, -0.2) is 9.48 Å². The molecule has 94 valence electrons. The highest BCUT2D eigenvalue weighted by molar-refractivity contribution is 5.88. The summed E-state index contributed by atoms with van der Waals surface area (Å²) in [6, 6.07) is 0. The minimum atomic E-state index is -0.432. The van der Waals surface area contributed by atoms with Crippen molar-refractivity contribution in [1.82, 2.24) is 15.0 Å². The number of aromatic nitrogens is 3. The lowest BCUT2D eigenvalue weighted by molar-refractivity contribution is 0.0592. The van der Waals surface area contributed by atoms with Gasteiger partial charge in [-0.2, -0.15) is 0 Å². The maximum atomic E-state index is 11.5. The quantitative estimate of drug-likeness (QED) is 0.682. The molecule has 2 rings (SSSR count). The second kappa shape index (κ2) is 5.27. The van der Waals surface area contributed by atoms with Crippen LogP contribution in [-0.2, 0) is 22.4 Å². The number of nitrogens with zero attached hydrogens (tertiary/aromatic N) is 3. The van der Waals surface area contributed by atoms with E-state index in [9.17, 15) is 4.79 Å². The Kier molecular flexibility index (Phi) is 3.73. The molecule has 1 aliphatic carbocycles. The van der Waals surface area contributed by atoms with Crippen LogP contribution in [0.15, 0.2) is 0 Å². The molecule has 1 saturated carbocycles. The molecule has 0 unspecified atom stereocenters. The summed E-state index contributed by atoms with van der Waals surface area (Å²) in [7, 11) is 2.98. The first-order chi connectivity index (χ1) is 8.26. The lowest BCUT2D eigenvalue weighted by Crippen LogP contribution is -2.12. The van der Waals surface area contributed by atoms with Crippen LogP contribution < -0.4 is 0 Å². The average Bonchev–Trinajstić information content (AvgIpc) is 3.06. The van der Waals surface area contributed by atoms with Crippen molar-refractivity contribution in [3.05, 3.63) is 11.4 Å². The zero-order valence-electron chi connectivity index (χ0n) is 10.2. The molecule has 1 fully saturated rings. The third kappa shape index (κ3) is 2.82. The zero-order valence-corrected chi connectivity index (χ0v) is 10.2. The number of carbonyl (C=O) groups is 1. The van der Waals surface area contributed by atoms with E-state index < -0.39 is 5.97 Å². The Hall–Kier alpha value is -1.43. The summed E-state index contributed by atoms with van der Waals surface area (Å²) in [5.74, 6) is 0.252. The maximum absolute atomic E-state index is 11.5. The van der Waals surface area contributed by atoms with Crippen LogP contribution in [0.25, 0.3) is 0 Å². The molecule has 6 heteroatoms. The minimum absolute atomic E-state index is 0.310. The monoisotopic (exact) mass is 239 g/mol. The summed E-state index contributed by atoms with van der Waals surface area (Å²) >= 11 is 0. The summed E-state index contributed by atoms with van der Waals surface area (Å²) in [6.07, 6.45) is 3.09. The summed E-state index contributed by atoms with van der Waals surface area (Å²) < 4.78 is 11.5. The van der Waals surface area contributed by atoms with E-state index in [1.165, 1.54) is 20.0 Å². The van der Waals surface area contributed by atoms with Crippen LogP contribution in [0.2, 0.25) is 0 Å². The first-order valence-corrected chi connectivity index (χ1v) is 5.76. The number of carbonyl (C=O) groups excluding carboxylic acids is 1. The molecule has 1 aliphatic rings. The topological polar surface area (TPSA) is 66.2 Å². The van der Waals surface area contributed by atoms with E-state index in [1.54, 1.807) is 7.11 Å². The highest BCUT2D eigenvalue weighted by Gasteiger charge is 2.26. The van der Waals surface area contributed by atoms with Crippen LogP contribution in [0.3, 0.4) is 0 Å². The van der Waals surface area contributed by atoms with Crippen LogP contribution in [0, 0.1) is 5.92 Å². The molecule has 0 atom stereocenters. The van der Waals surface area contributed by atoms with Crippen molar-refractivity contribution in [2.45, 2.75) is 25.8 Å². The van der Waals surface area contributed by atoms with Gasteiger partial charge in [0.15, 0.2) is 5.69 Å².